The zero-order valence-electron chi connectivity index (χ0n) is 17.9. The highest BCUT2D eigenvalue weighted by Gasteiger charge is 2.34. The molecule has 4 aromatic rings. The number of aliphatic hydroxyl groups is 1. The minimum absolute atomic E-state index is 0.118. The number of aliphatic hydroxyl groups excluding tert-OH is 1. The Bertz CT molecular complexity index is 1350. The molecule has 3 heterocycles. The zero-order chi connectivity index (χ0) is 23.5. The van der Waals surface area contributed by atoms with Crippen molar-refractivity contribution < 1.29 is 14.6 Å². The van der Waals surface area contributed by atoms with Crippen molar-refractivity contribution in [2.24, 2.45) is 0 Å². The van der Waals surface area contributed by atoms with Gasteiger partial charge in [-0.2, -0.15) is 0 Å². The van der Waals surface area contributed by atoms with Gasteiger partial charge >= 0.3 is 0 Å². The Morgan fingerprint density at radius 3 is 2.41 bits per heavy atom. The first-order chi connectivity index (χ1) is 16.6. The van der Waals surface area contributed by atoms with Crippen LogP contribution in [0.5, 0.6) is 11.5 Å². The quantitative estimate of drug-likeness (QED) is 0.295. The van der Waals surface area contributed by atoms with Crippen LogP contribution < -0.4 is 15.0 Å². The molecular formula is C26H20N4O3S. The van der Waals surface area contributed by atoms with Crippen LogP contribution in [0.4, 0.5) is 5.69 Å². The Kier molecular flexibility index (Phi) is 5.90. The molecule has 2 aromatic carbocycles. The molecule has 0 bridgehead atoms. The first-order valence-electron chi connectivity index (χ1n) is 10.6. The van der Waals surface area contributed by atoms with E-state index in [4.69, 9.17) is 17.0 Å². The summed E-state index contributed by atoms with van der Waals surface area (Å²) in [5.74, 6) is 0.926. The molecule has 168 valence electrons. The molecule has 3 N–H and O–H groups in total. The molecule has 5 rings (SSSR count). The second-order valence-electron chi connectivity index (χ2n) is 7.54. The molecule has 1 aliphatic heterocycles. The highest BCUT2D eigenvalue weighted by Crippen LogP contribution is 2.28. The number of H-pyrrole nitrogens is 1. The number of aromatic amines is 1. The normalized spacial score (nSPS) is 17.0. The summed E-state index contributed by atoms with van der Waals surface area (Å²) in [7, 11) is 0. The molecule has 0 spiro atoms. The number of benzene rings is 2. The van der Waals surface area contributed by atoms with Crippen molar-refractivity contribution in [3.8, 4) is 22.9 Å². The minimum atomic E-state index is -1.22. The average molecular weight is 469 g/mol. The summed E-state index contributed by atoms with van der Waals surface area (Å²) in [5.41, 5.74) is 2.96. The first-order valence-corrected chi connectivity index (χ1v) is 11.0. The molecule has 1 amide bonds. The third-order valence-corrected chi connectivity index (χ3v) is 5.54. The summed E-state index contributed by atoms with van der Waals surface area (Å²) >= 11 is 5.35. The smallest absolute Gasteiger partial charge is 0.265 e. The molecule has 0 saturated carbocycles. The topological polar surface area (TPSA) is 90.5 Å². The maximum Gasteiger partial charge on any atom is 0.265 e. The van der Waals surface area contributed by atoms with Crippen molar-refractivity contribution in [3.05, 3.63) is 102 Å². The van der Waals surface area contributed by atoms with Crippen molar-refractivity contribution >= 4 is 35.0 Å². The van der Waals surface area contributed by atoms with Gasteiger partial charge in [-0.05, 0) is 79.0 Å². The van der Waals surface area contributed by atoms with E-state index in [0.29, 0.717) is 22.9 Å². The predicted molar refractivity (Wildman–Crippen MR) is 134 cm³/mol. The van der Waals surface area contributed by atoms with Gasteiger partial charge in [-0.3, -0.25) is 14.7 Å². The summed E-state index contributed by atoms with van der Waals surface area (Å²) in [5, 5.41) is 13.4. The number of para-hydroxylation sites is 1. The number of thiocarbonyl (C=S) groups is 1. The zero-order valence-corrected chi connectivity index (χ0v) is 18.7. The number of ether oxygens (including phenoxy) is 1. The summed E-state index contributed by atoms with van der Waals surface area (Å²) in [6, 6.07) is 25.7. The van der Waals surface area contributed by atoms with Crippen molar-refractivity contribution in [3.63, 3.8) is 0 Å². The van der Waals surface area contributed by atoms with Gasteiger partial charge in [-0.25, -0.2) is 0 Å². The fourth-order valence-corrected chi connectivity index (χ4v) is 3.90. The average Bonchev–Trinajstić information content (AvgIpc) is 3.33. The van der Waals surface area contributed by atoms with E-state index in [1.54, 1.807) is 36.5 Å². The molecule has 7 nitrogen and oxygen atoms in total. The van der Waals surface area contributed by atoms with Crippen LogP contribution in [-0.2, 0) is 4.79 Å². The number of rotatable bonds is 5. The molecule has 1 saturated heterocycles. The third kappa shape index (κ3) is 4.45. The van der Waals surface area contributed by atoms with Crippen LogP contribution in [0, 0.1) is 0 Å². The number of amides is 1. The molecule has 0 aliphatic carbocycles. The van der Waals surface area contributed by atoms with E-state index in [9.17, 15) is 9.90 Å². The standard InChI is InChI=1S/C26H20N4O3S/c31-24-21(16-17-9-14-23(28-17)22-8-4-5-15-27-22)25(32)30(26(34)29-24)18-10-12-20(13-11-18)33-19-6-2-1-3-7-19/h1-16,24,28,31H,(H,29,34)/b21-16+. The van der Waals surface area contributed by atoms with E-state index < -0.39 is 12.1 Å². The van der Waals surface area contributed by atoms with Crippen LogP contribution in [0.1, 0.15) is 5.69 Å². The van der Waals surface area contributed by atoms with Crippen molar-refractivity contribution in [2.45, 2.75) is 6.23 Å². The maximum absolute atomic E-state index is 13.3. The predicted octanol–water partition coefficient (Wildman–Crippen LogP) is 4.49. The van der Waals surface area contributed by atoms with E-state index in [1.165, 1.54) is 4.90 Å². The van der Waals surface area contributed by atoms with Crippen molar-refractivity contribution in [1.29, 1.82) is 0 Å². The Balaban J connectivity index is 1.38. The van der Waals surface area contributed by atoms with Gasteiger partial charge < -0.3 is 20.1 Å². The van der Waals surface area contributed by atoms with Crippen LogP contribution in [0.2, 0.25) is 0 Å². The molecule has 1 atom stereocenters. The van der Waals surface area contributed by atoms with Crippen LogP contribution in [-0.4, -0.2) is 32.3 Å². The first kappa shape index (κ1) is 21.6. The Labute approximate surface area is 201 Å². The summed E-state index contributed by atoms with van der Waals surface area (Å²) in [4.78, 5) is 22.2. The number of nitrogens with zero attached hydrogens (tertiary/aromatic N) is 2. The van der Waals surface area contributed by atoms with Gasteiger partial charge in [-0.15, -0.1) is 0 Å². The Morgan fingerprint density at radius 2 is 1.68 bits per heavy atom. The van der Waals surface area contributed by atoms with Gasteiger partial charge in [0.15, 0.2) is 11.3 Å². The number of pyridine rings is 1. The Hall–Kier alpha value is -4.27. The van der Waals surface area contributed by atoms with Crippen LogP contribution >= 0.6 is 12.2 Å². The van der Waals surface area contributed by atoms with Gasteiger partial charge in [-0.1, -0.05) is 24.3 Å². The number of hydrogen-bond acceptors (Lipinski definition) is 5. The van der Waals surface area contributed by atoms with Crippen molar-refractivity contribution in [2.75, 3.05) is 4.90 Å². The van der Waals surface area contributed by atoms with E-state index in [1.807, 2.05) is 60.7 Å². The fourth-order valence-electron chi connectivity index (χ4n) is 3.60. The Morgan fingerprint density at radius 1 is 0.941 bits per heavy atom. The highest BCUT2D eigenvalue weighted by atomic mass is 32.1. The van der Waals surface area contributed by atoms with Gasteiger partial charge in [0.2, 0.25) is 0 Å². The molecule has 0 radical (unpaired) electrons. The van der Waals surface area contributed by atoms with E-state index in [0.717, 1.165) is 11.4 Å². The third-order valence-electron chi connectivity index (χ3n) is 5.24. The number of anilines is 1. The second-order valence-corrected chi connectivity index (χ2v) is 7.93. The number of carbonyl (C=O) groups is 1. The monoisotopic (exact) mass is 468 g/mol. The lowest BCUT2D eigenvalue weighted by molar-refractivity contribution is -0.115. The largest absolute Gasteiger partial charge is 0.457 e. The lowest BCUT2D eigenvalue weighted by Gasteiger charge is -2.33. The van der Waals surface area contributed by atoms with Gasteiger partial charge in [0, 0.05) is 11.9 Å². The second kappa shape index (κ2) is 9.30. The summed E-state index contributed by atoms with van der Waals surface area (Å²) in [6.07, 6.45) is 2.09. The van der Waals surface area contributed by atoms with Gasteiger partial charge in [0.25, 0.3) is 5.91 Å². The van der Waals surface area contributed by atoms with E-state index in [2.05, 4.69) is 15.3 Å². The molecule has 1 aliphatic rings. The number of carbonyl (C=O) groups excluding carboxylic acids is 1. The lowest BCUT2D eigenvalue weighted by atomic mass is 10.1. The van der Waals surface area contributed by atoms with Crippen molar-refractivity contribution in [1.82, 2.24) is 15.3 Å². The number of aromatic nitrogens is 2. The van der Waals surface area contributed by atoms with Crippen LogP contribution in [0.15, 0.2) is 96.7 Å². The van der Waals surface area contributed by atoms with Crippen LogP contribution in [0.3, 0.4) is 0 Å². The molecule has 34 heavy (non-hydrogen) atoms. The molecule has 2 aromatic heterocycles. The minimum Gasteiger partial charge on any atom is -0.457 e. The van der Waals surface area contributed by atoms with Gasteiger partial charge in [0.1, 0.15) is 11.5 Å². The highest BCUT2D eigenvalue weighted by molar-refractivity contribution is 7.80. The number of nitrogens with one attached hydrogen (secondary N) is 2. The molecule has 1 unspecified atom stereocenters. The van der Waals surface area contributed by atoms with Crippen LogP contribution in [0.25, 0.3) is 17.5 Å². The summed E-state index contributed by atoms with van der Waals surface area (Å²) in [6.45, 7) is 0. The number of hydrogen-bond donors (Lipinski definition) is 3. The fraction of sp³-hybridized carbons (Fsp3) is 0.0385. The SMILES string of the molecule is O=C1/C(=C/c2ccc(-c3ccccn3)[nH]2)C(O)NC(=S)N1c1ccc(Oc2ccccc2)cc1. The van der Waals surface area contributed by atoms with E-state index in [-0.39, 0.29) is 10.7 Å². The molecule has 8 heteroatoms. The van der Waals surface area contributed by atoms with E-state index >= 15 is 0 Å². The summed E-state index contributed by atoms with van der Waals surface area (Å²) < 4.78 is 5.82. The van der Waals surface area contributed by atoms with Gasteiger partial charge in [0.05, 0.1) is 22.6 Å². The molecular weight excluding hydrogens is 448 g/mol. The lowest BCUT2D eigenvalue weighted by Crippen LogP contribution is -2.56. The maximum atomic E-state index is 13.3. The molecule has 1 fully saturated rings.